The molecule has 1 fully saturated rings. The molecule has 0 amide bonds. The maximum absolute atomic E-state index is 5.86. The highest BCUT2D eigenvalue weighted by Gasteiger charge is 2.25. The number of para-hydroxylation sites is 1. The van der Waals surface area contributed by atoms with Crippen LogP contribution in [0.2, 0.25) is 0 Å². The van der Waals surface area contributed by atoms with Gasteiger partial charge in [0.25, 0.3) is 0 Å². The van der Waals surface area contributed by atoms with Gasteiger partial charge < -0.3 is 10.1 Å². The zero-order chi connectivity index (χ0) is 14.8. The average Bonchev–Trinajstić information content (AvgIpc) is 2.48. The van der Waals surface area contributed by atoms with Gasteiger partial charge in [-0.15, -0.1) is 0 Å². The molecule has 3 nitrogen and oxygen atoms in total. The number of rotatable bonds is 3. The van der Waals surface area contributed by atoms with Gasteiger partial charge >= 0.3 is 0 Å². The molecule has 112 valence electrons. The Bertz CT molecular complexity index is 624. The minimum atomic E-state index is 0.362. The molecule has 2 aromatic rings. The van der Waals surface area contributed by atoms with Crippen LogP contribution in [0.25, 0.3) is 10.9 Å². The molecule has 3 rings (SSSR count). The lowest BCUT2D eigenvalue weighted by Gasteiger charge is -2.33. The third kappa shape index (κ3) is 3.18. The maximum Gasteiger partial charge on any atom is 0.0936 e. The Kier molecular flexibility index (Phi) is 4.11. The molecule has 1 aliphatic rings. The van der Waals surface area contributed by atoms with E-state index >= 15 is 0 Å². The quantitative estimate of drug-likeness (QED) is 0.919. The second-order valence-electron chi connectivity index (χ2n) is 6.35. The summed E-state index contributed by atoms with van der Waals surface area (Å²) >= 11 is 0. The number of benzene rings is 1. The van der Waals surface area contributed by atoms with Crippen LogP contribution in [0.1, 0.15) is 32.4 Å². The molecular weight excluding hydrogens is 260 g/mol. The van der Waals surface area contributed by atoms with Crippen molar-refractivity contribution in [3.8, 4) is 0 Å². The zero-order valence-corrected chi connectivity index (χ0v) is 13.1. The van der Waals surface area contributed by atoms with Crippen molar-refractivity contribution in [2.75, 3.05) is 11.9 Å². The van der Waals surface area contributed by atoms with Gasteiger partial charge in [0.1, 0.15) is 0 Å². The molecule has 2 atom stereocenters. The summed E-state index contributed by atoms with van der Waals surface area (Å²) in [6.07, 6.45) is 2.49. The van der Waals surface area contributed by atoms with Crippen LogP contribution >= 0.6 is 0 Å². The molecule has 0 aliphatic carbocycles. The second-order valence-corrected chi connectivity index (χ2v) is 6.35. The second kappa shape index (κ2) is 6.02. The predicted octanol–water partition coefficient (Wildman–Crippen LogP) is 4.16. The topological polar surface area (TPSA) is 34.1 Å². The van der Waals surface area contributed by atoms with E-state index in [9.17, 15) is 0 Å². The van der Waals surface area contributed by atoms with Crippen molar-refractivity contribution >= 4 is 16.6 Å². The Morgan fingerprint density at radius 2 is 2.10 bits per heavy atom. The molecule has 1 aromatic heterocycles. The summed E-state index contributed by atoms with van der Waals surface area (Å²) in [6, 6.07) is 11.0. The van der Waals surface area contributed by atoms with Crippen molar-refractivity contribution in [1.82, 2.24) is 4.98 Å². The number of nitrogens with one attached hydrogen (secondary N) is 1. The lowest BCUT2D eigenvalue weighted by atomic mass is 9.95. The Balaban J connectivity index is 1.83. The van der Waals surface area contributed by atoms with Crippen LogP contribution in [0.15, 0.2) is 30.3 Å². The normalized spacial score (nSPS) is 22.7. The maximum atomic E-state index is 5.86. The molecule has 21 heavy (non-hydrogen) atoms. The smallest absolute Gasteiger partial charge is 0.0936 e. The average molecular weight is 284 g/mol. The van der Waals surface area contributed by atoms with Crippen molar-refractivity contribution in [2.45, 2.75) is 45.8 Å². The fourth-order valence-electron chi connectivity index (χ4n) is 3.00. The van der Waals surface area contributed by atoms with E-state index in [4.69, 9.17) is 9.72 Å². The summed E-state index contributed by atoms with van der Waals surface area (Å²) in [7, 11) is 0. The van der Waals surface area contributed by atoms with Gasteiger partial charge in [-0.1, -0.05) is 32.0 Å². The van der Waals surface area contributed by atoms with Crippen molar-refractivity contribution in [2.24, 2.45) is 5.92 Å². The molecule has 2 unspecified atom stereocenters. The van der Waals surface area contributed by atoms with Gasteiger partial charge in [-0.05, 0) is 37.8 Å². The van der Waals surface area contributed by atoms with Crippen LogP contribution in [0.4, 0.5) is 5.69 Å². The minimum Gasteiger partial charge on any atom is -0.380 e. The number of hydrogen-bond donors (Lipinski definition) is 1. The summed E-state index contributed by atoms with van der Waals surface area (Å²) < 4.78 is 5.86. The van der Waals surface area contributed by atoms with Crippen LogP contribution in [0, 0.1) is 12.8 Å². The molecule has 1 N–H and O–H groups in total. The Morgan fingerprint density at radius 3 is 2.90 bits per heavy atom. The van der Waals surface area contributed by atoms with Crippen LogP contribution < -0.4 is 5.32 Å². The van der Waals surface area contributed by atoms with Crippen LogP contribution in [-0.2, 0) is 4.74 Å². The van der Waals surface area contributed by atoms with Crippen molar-refractivity contribution in [1.29, 1.82) is 0 Å². The number of fused-ring (bicyclic) bond motifs is 1. The summed E-state index contributed by atoms with van der Waals surface area (Å²) in [5.74, 6) is 0.572. The van der Waals surface area contributed by atoms with E-state index in [-0.39, 0.29) is 0 Å². The molecule has 0 spiro atoms. The summed E-state index contributed by atoms with van der Waals surface area (Å²) in [5, 5.41) is 4.89. The van der Waals surface area contributed by atoms with E-state index in [0.717, 1.165) is 36.3 Å². The van der Waals surface area contributed by atoms with Gasteiger partial charge in [-0.3, -0.25) is 4.98 Å². The van der Waals surface area contributed by atoms with Crippen LogP contribution in [-0.4, -0.2) is 23.7 Å². The predicted molar refractivity (Wildman–Crippen MR) is 87.7 cm³/mol. The summed E-state index contributed by atoms with van der Waals surface area (Å²) in [4.78, 5) is 4.70. The van der Waals surface area contributed by atoms with E-state index in [1.54, 1.807) is 0 Å². The number of pyridine rings is 1. The van der Waals surface area contributed by atoms with Gasteiger partial charge in [-0.25, -0.2) is 0 Å². The van der Waals surface area contributed by atoms with E-state index in [0.29, 0.717) is 18.1 Å². The Hall–Kier alpha value is -1.61. The molecule has 1 saturated heterocycles. The highest BCUT2D eigenvalue weighted by Crippen LogP contribution is 2.27. The van der Waals surface area contributed by atoms with Crippen molar-refractivity contribution in [3.05, 3.63) is 36.0 Å². The summed E-state index contributed by atoms with van der Waals surface area (Å²) in [6.45, 7) is 7.35. The molecule has 1 aromatic carbocycles. The Morgan fingerprint density at radius 1 is 1.24 bits per heavy atom. The number of aromatic nitrogens is 1. The van der Waals surface area contributed by atoms with Gasteiger partial charge in [0.15, 0.2) is 0 Å². The molecule has 0 saturated carbocycles. The lowest BCUT2D eigenvalue weighted by Crippen LogP contribution is -2.36. The SMILES string of the molecule is Cc1ccc2cccc(NC3CCOC(C(C)C)C3)c2n1. The third-order valence-electron chi connectivity index (χ3n) is 4.28. The van der Waals surface area contributed by atoms with Crippen molar-refractivity contribution < 1.29 is 4.74 Å². The number of nitrogens with zero attached hydrogens (tertiary/aromatic N) is 1. The number of hydrogen-bond acceptors (Lipinski definition) is 3. The highest BCUT2D eigenvalue weighted by molar-refractivity contribution is 5.90. The largest absolute Gasteiger partial charge is 0.380 e. The van der Waals surface area contributed by atoms with E-state index < -0.39 is 0 Å². The first kappa shape index (κ1) is 14.3. The Labute approximate surface area is 126 Å². The minimum absolute atomic E-state index is 0.362. The highest BCUT2D eigenvalue weighted by atomic mass is 16.5. The van der Waals surface area contributed by atoms with Gasteiger partial charge in [0.05, 0.1) is 17.3 Å². The molecule has 1 aliphatic heterocycles. The van der Waals surface area contributed by atoms with Crippen LogP contribution in [0.5, 0.6) is 0 Å². The zero-order valence-electron chi connectivity index (χ0n) is 13.1. The van der Waals surface area contributed by atoms with Gasteiger partial charge in [-0.2, -0.15) is 0 Å². The van der Waals surface area contributed by atoms with Crippen molar-refractivity contribution in [3.63, 3.8) is 0 Å². The number of ether oxygens (including phenoxy) is 1. The first-order chi connectivity index (χ1) is 10.1. The molecular formula is C18H24N2O. The molecule has 0 radical (unpaired) electrons. The first-order valence-corrected chi connectivity index (χ1v) is 7.88. The number of anilines is 1. The summed E-state index contributed by atoms with van der Waals surface area (Å²) in [5.41, 5.74) is 3.28. The third-order valence-corrected chi connectivity index (χ3v) is 4.28. The van der Waals surface area contributed by atoms with E-state index in [1.807, 2.05) is 6.92 Å². The lowest BCUT2D eigenvalue weighted by molar-refractivity contribution is -0.0160. The number of aryl methyl sites for hydroxylation is 1. The van der Waals surface area contributed by atoms with E-state index in [2.05, 4.69) is 49.5 Å². The van der Waals surface area contributed by atoms with Gasteiger partial charge in [0, 0.05) is 23.7 Å². The first-order valence-electron chi connectivity index (χ1n) is 7.88. The fourth-order valence-corrected chi connectivity index (χ4v) is 3.00. The van der Waals surface area contributed by atoms with E-state index in [1.165, 1.54) is 5.39 Å². The standard InChI is InChI=1S/C18H24N2O/c1-12(2)17-11-15(9-10-21-17)20-16-6-4-5-14-8-7-13(3)19-18(14)16/h4-8,12,15,17,20H,9-11H2,1-3H3. The van der Waals surface area contributed by atoms with Crippen LogP contribution in [0.3, 0.4) is 0 Å². The molecule has 0 bridgehead atoms. The van der Waals surface area contributed by atoms with Gasteiger partial charge in [0.2, 0.25) is 0 Å². The molecule has 3 heteroatoms. The monoisotopic (exact) mass is 284 g/mol. The molecule has 2 heterocycles. The fraction of sp³-hybridized carbons (Fsp3) is 0.500.